The van der Waals surface area contributed by atoms with Crippen molar-refractivity contribution in [2.24, 2.45) is 0 Å². The van der Waals surface area contributed by atoms with Crippen molar-refractivity contribution in [3.8, 4) is 5.69 Å². The van der Waals surface area contributed by atoms with Gasteiger partial charge in [0.2, 0.25) is 0 Å². The van der Waals surface area contributed by atoms with E-state index in [0.717, 1.165) is 10.9 Å². The van der Waals surface area contributed by atoms with Crippen LogP contribution in [0.5, 0.6) is 0 Å². The van der Waals surface area contributed by atoms with Gasteiger partial charge in [-0.2, -0.15) is 18.3 Å². The van der Waals surface area contributed by atoms with Crippen LogP contribution in [-0.4, -0.2) is 20.7 Å². The second kappa shape index (κ2) is 6.76. The minimum absolute atomic E-state index is 0.0213. The lowest BCUT2D eigenvalue weighted by Crippen LogP contribution is -2.26. The molecule has 0 unspecified atom stereocenters. The SMILES string of the molecule is O=C(NCc1ccccn1)c1cnn(-c2ccccc2)c1C(F)(F)F. The van der Waals surface area contributed by atoms with Crippen LogP contribution in [0.2, 0.25) is 0 Å². The van der Waals surface area contributed by atoms with Gasteiger partial charge in [-0.1, -0.05) is 24.3 Å². The van der Waals surface area contributed by atoms with Gasteiger partial charge in [-0.3, -0.25) is 9.78 Å². The summed E-state index contributed by atoms with van der Waals surface area (Å²) in [4.78, 5) is 16.2. The number of aromatic nitrogens is 3. The van der Waals surface area contributed by atoms with Crippen molar-refractivity contribution in [3.05, 3.63) is 77.9 Å². The van der Waals surface area contributed by atoms with Crippen LogP contribution in [0.15, 0.2) is 60.9 Å². The summed E-state index contributed by atoms with van der Waals surface area (Å²) in [7, 11) is 0. The van der Waals surface area contributed by atoms with Gasteiger partial charge in [0.15, 0.2) is 5.69 Å². The molecule has 3 rings (SSSR count). The number of carbonyl (C=O) groups is 1. The normalized spacial score (nSPS) is 11.3. The highest BCUT2D eigenvalue weighted by Gasteiger charge is 2.40. The van der Waals surface area contributed by atoms with Crippen LogP contribution in [0.3, 0.4) is 0 Å². The second-order valence-corrected chi connectivity index (χ2v) is 5.16. The summed E-state index contributed by atoms with van der Waals surface area (Å²) in [6.45, 7) is 0.0213. The van der Waals surface area contributed by atoms with E-state index < -0.39 is 23.3 Å². The molecule has 8 heteroatoms. The second-order valence-electron chi connectivity index (χ2n) is 5.16. The number of benzene rings is 1. The highest BCUT2D eigenvalue weighted by Crippen LogP contribution is 2.33. The number of hydrogen-bond donors (Lipinski definition) is 1. The maximum atomic E-state index is 13.5. The average molecular weight is 346 g/mol. The number of nitrogens with zero attached hydrogens (tertiary/aromatic N) is 3. The van der Waals surface area contributed by atoms with E-state index in [1.165, 1.54) is 18.3 Å². The smallest absolute Gasteiger partial charge is 0.346 e. The molecule has 1 aromatic carbocycles. The number of hydrogen-bond acceptors (Lipinski definition) is 3. The van der Waals surface area contributed by atoms with E-state index in [1.807, 2.05) is 0 Å². The molecule has 0 saturated carbocycles. The molecule has 0 bridgehead atoms. The molecular weight excluding hydrogens is 333 g/mol. The first-order valence-electron chi connectivity index (χ1n) is 7.35. The van der Waals surface area contributed by atoms with Crippen LogP contribution >= 0.6 is 0 Å². The third-order valence-electron chi connectivity index (χ3n) is 3.44. The molecule has 1 N–H and O–H groups in total. The van der Waals surface area contributed by atoms with Crippen LogP contribution < -0.4 is 5.32 Å². The zero-order chi connectivity index (χ0) is 17.9. The predicted octanol–water partition coefficient (Wildman–Crippen LogP) is 3.22. The topological polar surface area (TPSA) is 59.8 Å². The van der Waals surface area contributed by atoms with Crippen molar-refractivity contribution in [2.75, 3.05) is 0 Å². The van der Waals surface area contributed by atoms with Gasteiger partial charge in [0, 0.05) is 6.20 Å². The number of carbonyl (C=O) groups excluding carboxylic acids is 1. The fraction of sp³-hybridized carbons (Fsp3) is 0.118. The average Bonchev–Trinajstić information content (AvgIpc) is 3.07. The van der Waals surface area contributed by atoms with E-state index in [2.05, 4.69) is 15.4 Å². The van der Waals surface area contributed by atoms with Gasteiger partial charge in [-0.15, -0.1) is 0 Å². The monoisotopic (exact) mass is 346 g/mol. The van der Waals surface area contributed by atoms with Crippen molar-refractivity contribution < 1.29 is 18.0 Å². The molecule has 0 fully saturated rings. The third kappa shape index (κ3) is 3.68. The lowest BCUT2D eigenvalue weighted by molar-refractivity contribution is -0.143. The van der Waals surface area contributed by atoms with Crippen molar-refractivity contribution >= 4 is 5.91 Å². The Morgan fingerprint density at radius 3 is 2.44 bits per heavy atom. The lowest BCUT2D eigenvalue weighted by atomic mass is 10.2. The first kappa shape index (κ1) is 16.7. The summed E-state index contributed by atoms with van der Waals surface area (Å²) in [5.41, 5.74) is -0.886. The Labute approximate surface area is 141 Å². The van der Waals surface area contributed by atoms with Crippen LogP contribution in [-0.2, 0) is 12.7 Å². The Kier molecular flexibility index (Phi) is 4.51. The quantitative estimate of drug-likeness (QED) is 0.789. The number of para-hydroxylation sites is 1. The Morgan fingerprint density at radius 1 is 1.08 bits per heavy atom. The highest BCUT2D eigenvalue weighted by atomic mass is 19.4. The number of rotatable bonds is 4. The molecule has 0 aliphatic carbocycles. The standard InChI is InChI=1S/C17H13F3N4O/c18-17(19,20)15-14(11-23-24(15)13-7-2-1-3-8-13)16(25)22-10-12-6-4-5-9-21-12/h1-9,11H,10H2,(H,22,25). The fourth-order valence-electron chi connectivity index (χ4n) is 2.32. The Balaban J connectivity index is 1.91. The Hall–Kier alpha value is -3.16. The summed E-state index contributed by atoms with van der Waals surface area (Å²) in [5, 5.41) is 6.19. The summed E-state index contributed by atoms with van der Waals surface area (Å²) in [6.07, 6.45) is -2.27. The van der Waals surface area contributed by atoms with Crippen molar-refractivity contribution in [1.29, 1.82) is 0 Å². The summed E-state index contributed by atoms with van der Waals surface area (Å²) < 4.78 is 41.2. The van der Waals surface area contributed by atoms with Crippen LogP contribution in [0.1, 0.15) is 21.7 Å². The van der Waals surface area contributed by atoms with Crippen LogP contribution in [0.25, 0.3) is 5.69 Å². The van der Waals surface area contributed by atoms with E-state index >= 15 is 0 Å². The number of pyridine rings is 1. The van der Waals surface area contributed by atoms with Gasteiger partial charge < -0.3 is 5.32 Å². The predicted molar refractivity (Wildman–Crippen MR) is 84.0 cm³/mol. The minimum Gasteiger partial charge on any atom is -0.346 e. The van der Waals surface area contributed by atoms with E-state index in [0.29, 0.717) is 5.69 Å². The maximum Gasteiger partial charge on any atom is 0.434 e. The van der Waals surface area contributed by atoms with Crippen LogP contribution in [0, 0.1) is 0 Å². The number of amides is 1. The molecule has 1 amide bonds. The van der Waals surface area contributed by atoms with Gasteiger partial charge in [0.1, 0.15) is 0 Å². The zero-order valence-electron chi connectivity index (χ0n) is 12.9. The molecular formula is C17H13F3N4O. The van der Waals surface area contributed by atoms with Gasteiger partial charge in [0.05, 0.1) is 29.7 Å². The van der Waals surface area contributed by atoms with Gasteiger partial charge in [-0.05, 0) is 24.3 Å². The van der Waals surface area contributed by atoms with Crippen molar-refractivity contribution in [1.82, 2.24) is 20.1 Å². The lowest BCUT2D eigenvalue weighted by Gasteiger charge is -2.12. The van der Waals surface area contributed by atoms with Gasteiger partial charge >= 0.3 is 6.18 Å². The highest BCUT2D eigenvalue weighted by molar-refractivity contribution is 5.95. The molecule has 0 aliphatic heterocycles. The molecule has 25 heavy (non-hydrogen) atoms. The molecule has 2 heterocycles. The first-order chi connectivity index (χ1) is 12.0. The molecule has 2 aromatic heterocycles. The van der Waals surface area contributed by atoms with E-state index in [-0.39, 0.29) is 12.2 Å². The van der Waals surface area contributed by atoms with E-state index in [4.69, 9.17) is 0 Å². The Morgan fingerprint density at radius 2 is 1.80 bits per heavy atom. The number of alkyl halides is 3. The van der Waals surface area contributed by atoms with Crippen molar-refractivity contribution in [2.45, 2.75) is 12.7 Å². The minimum atomic E-state index is -4.73. The largest absolute Gasteiger partial charge is 0.434 e. The van der Waals surface area contributed by atoms with Gasteiger partial charge in [0.25, 0.3) is 5.91 Å². The fourth-order valence-corrected chi connectivity index (χ4v) is 2.32. The van der Waals surface area contributed by atoms with Crippen LogP contribution in [0.4, 0.5) is 13.2 Å². The van der Waals surface area contributed by atoms with Gasteiger partial charge in [-0.25, -0.2) is 4.68 Å². The van der Waals surface area contributed by atoms with E-state index in [1.54, 1.807) is 36.4 Å². The number of nitrogens with one attached hydrogen (secondary N) is 1. The third-order valence-corrected chi connectivity index (χ3v) is 3.44. The Bertz CT molecular complexity index is 861. The molecule has 0 atom stereocenters. The molecule has 5 nitrogen and oxygen atoms in total. The molecule has 0 spiro atoms. The van der Waals surface area contributed by atoms with E-state index in [9.17, 15) is 18.0 Å². The molecule has 0 saturated heterocycles. The molecule has 0 radical (unpaired) electrons. The summed E-state index contributed by atoms with van der Waals surface area (Å²) in [6, 6.07) is 12.9. The number of halogens is 3. The zero-order valence-corrected chi connectivity index (χ0v) is 12.9. The first-order valence-corrected chi connectivity index (χ1v) is 7.35. The molecule has 128 valence electrons. The van der Waals surface area contributed by atoms with Crippen molar-refractivity contribution in [3.63, 3.8) is 0 Å². The molecule has 3 aromatic rings. The maximum absolute atomic E-state index is 13.5. The summed E-state index contributed by atoms with van der Waals surface area (Å²) >= 11 is 0. The molecule has 0 aliphatic rings. The summed E-state index contributed by atoms with van der Waals surface area (Å²) in [5.74, 6) is -0.861.